The number of anilines is 2. The number of phenolic OH excluding ortho intramolecular Hbond substituents is 1. The van der Waals surface area contributed by atoms with Gasteiger partial charge < -0.3 is 10.4 Å². The van der Waals surface area contributed by atoms with Crippen molar-refractivity contribution in [2.24, 2.45) is 4.99 Å². The summed E-state index contributed by atoms with van der Waals surface area (Å²) in [5.41, 5.74) is 13.9. The molecule has 3 heteroatoms. The topological polar surface area (TPSA) is 44.6 Å². The molecule has 0 fully saturated rings. The second-order valence-corrected chi connectivity index (χ2v) is 10.8. The summed E-state index contributed by atoms with van der Waals surface area (Å²) in [7, 11) is 0. The third-order valence-corrected chi connectivity index (χ3v) is 7.81. The highest BCUT2D eigenvalue weighted by atomic mass is 16.3. The Kier molecular flexibility index (Phi) is 7.88. The van der Waals surface area contributed by atoms with Crippen molar-refractivity contribution in [1.82, 2.24) is 0 Å². The van der Waals surface area contributed by atoms with Crippen LogP contribution in [0.5, 0.6) is 5.75 Å². The third kappa shape index (κ3) is 5.98. The van der Waals surface area contributed by atoms with Crippen molar-refractivity contribution in [2.45, 2.75) is 20.8 Å². The van der Waals surface area contributed by atoms with E-state index in [-0.39, 0.29) is 5.75 Å². The Bertz CT molecular complexity index is 1920. The number of aliphatic imine (C=N–C) groups is 1. The fraction of sp³-hybridized carbons (Fsp3) is 0.0750. The molecule has 1 aliphatic heterocycles. The first-order valence-electron chi connectivity index (χ1n) is 14.5. The van der Waals surface area contributed by atoms with Gasteiger partial charge in [-0.05, 0) is 78.4 Å². The number of phenols is 1. The summed E-state index contributed by atoms with van der Waals surface area (Å²) in [5, 5.41) is 14.1. The molecule has 0 aliphatic carbocycles. The Morgan fingerprint density at radius 3 is 1.91 bits per heavy atom. The molecule has 0 saturated carbocycles. The highest BCUT2D eigenvalue weighted by Crippen LogP contribution is 2.47. The van der Waals surface area contributed by atoms with Crippen LogP contribution >= 0.6 is 0 Å². The number of nitrogens with zero attached hydrogens (tertiary/aromatic N) is 1. The zero-order chi connectivity index (χ0) is 29.8. The minimum Gasteiger partial charge on any atom is -0.506 e. The molecule has 0 saturated heterocycles. The highest BCUT2D eigenvalue weighted by Gasteiger charge is 2.21. The molecule has 1 heterocycles. The van der Waals surface area contributed by atoms with E-state index in [2.05, 4.69) is 105 Å². The van der Waals surface area contributed by atoms with Gasteiger partial charge in [0.1, 0.15) is 5.75 Å². The van der Waals surface area contributed by atoms with Crippen LogP contribution in [0.4, 0.5) is 17.1 Å². The number of nitrogens with one attached hydrogen (secondary N) is 1. The SMILES string of the molecule is CC(=Nc1ccccc1C)c1ccc(-c2ccc3c(c2)-c2ccccc2-c2cccc(O)c2N3)cc1.Cc1ccccc1. The van der Waals surface area contributed by atoms with Crippen LogP contribution in [0.2, 0.25) is 0 Å². The normalized spacial score (nSPS) is 11.6. The van der Waals surface area contributed by atoms with E-state index in [1.165, 1.54) is 11.1 Å². The molecule has 0 spiro atoms. The number of para-hydroxylation sites is 2. The number of aryl methyl sites for hydroxylation is 2. The predicted molar refractivity (Wildman–Crippen MR) is 182 cm³/mol. The van der Waals surface area contributed by atoms with Crippen LogP contribution in [-0.4, -0.2) is 10.8 Å². The van der Waals surface area contributed by atoms with E-state index in [0.717, 1.165) is 61.7 Å². The van der Waals surface area contributed by atoms with Gasteiger partial charge in [0.05, 0.1) is 11.4 Å². The quantitative estimate of drug-likeness (QED) is 0.167. The second-order valence-electron chi connectivity index (χ2n) is 10.8. The molecule has 7 rings (SSSR count). The maximum Gasteiger partial charge on any atom is 0.139 e. The first-order chi connectivity index (χ1) is 21.0. The van der Waals surface area contributed by atoms with E-state index >= 15 is 0 Å². The van der Waals surface area contributed by atoms with Crippen LogP contribution in [0.3, 0.4) is 0 Å². The zero-order valence-electron chi connectivity index (χ0n) is 24.7. The summed E-state index contributed by atoms with van der Waals surface area (Å²) in [5.74, 6) is 0.248. The van der Waals surface area contributed by atoms with Gasteiger partial charge in [-0.15, -0.1) is 0 Å². The fourth-order valence-corrected chi connectivity index (χ4v) is 5.41. The minimum atomic E-state index is 0.248. The molecule has 2 N–H and O–H groups in total. The van der Waals surface area contributed by atoms with Gasteiger partial charge in [-0.1, -0.05) is 121 Å². The van der Waals surface area contributed by atoms with E-state index in [4.69, 9.17) is 4.99 Å². The smallest absolute Gasteiger partial charge is 0.139 e. The molecule has 0 radical (unpaired) electrons. The lowest BCUT2D eigenvalue weighted by Crippen LogP contribution is -1.95. The summed E-state index contributed by atoms with van der Waals surface area (Å²) in [6.45, 7) is 6.22. The van der Waals surface area contributed by atoms with Crippen LogP contribution in [0.15, 0.2) is 145 Å². The molecular formula is C40H34N2O. The van der Waals surface area contributed by atoms with Crippen molar-refractivity contribution in [3.63, 3.8) is 0 Å². The molecule has 0 atom stereocenters. The van der Waals surface area contributed by atoms with Gasteiger partial charge in [-0.25, -0.2) is 0 Å². The summed E-state index contributed by atoms with van der Waals surface area (Å²) in [6, 6.07) is 47.5. The summed E-state index contributed by atoms with van der Waals surface area (Å²) in [4.78, 5) is 4.84. The number of hydrogen-bond acceptors (Lipinski definition) is 3. The lowest BCUT2D eigenvalue weighted by atomic mass is 9.92. The summed E-state index contributed by atoms with van der Waals surface area (Å²) < 4.78 is 0. The van der Waals surface area contributed by atoms with Crippen molar-refractivity contribution >= 4 is 22.8 Å². The van der Waals surface area contributed by atoms with Crippen molar-refractivity contribution in [2.75, 3.05) is 5.32 Å². The van der Waals surface area contributed by atoms with E-state index < -0.39 is 0 Å². The van der Waals surface area contributed by atoms with Gasteiger partial charge in [0.15, 0.2) is 0 Å². The second kappa shape index (κ2) is 12.2. The predicted octanol–water partition coefficient (Wildman–Crippen LogP) is 10.9. The number of benzene rings is 6. The monoisotopic (exact) mass is 558 g/mol. The van der Waals surface area contributed by atoms with Gasteiger partial charge in [-0.2, -0.15) is 0 Å². The van der Waals surface area contributed by atoms with Crippen molar-refractivity contribution in [1.29, 1.82) is 0 Å². The van der Waals surface area contributed by atoms with Crippen molar-refractivity contribution in [3.05, 3.63) is 156 Å². The van der Waals surface area contributed by atoms with Gasteiger partial charge in [-0.3, -0.25) is 4.99 Å². The third-order valence-electron chi connectivity index (χ3n) is 7.81. The lowest BCUT2D eigenvalue weighted by molar-refractivity contribution is 0.478. The Hall–Kier alpha value is -5.41. The van der Waals surface area contributed by atoms with Crippen molar-refractivity contribution < 1.29 is 5.11 Å². The molecular weight excluding hydrogens is 524 g/mol. The molecule has 3 nitrogen and oxygen atoms in total. The molecule has 6 aromatic carbocycles. The Labute approximate surface area is 253 Å². The summed E-state index contributed by atoms with van der Waals surface area (Å²) in [6.07, 6.45) is 0. The van der Waals surface area contributed by atoms with E-state index in [1.54, 1.807) is 6.07 Å². The standard InChI is InChI=1S/C33H26N2O.C7H8/c1-21-8-3-6-12-30(21)34-22(2)23-14-16-24(17-15-23)25-18-19-31-29(20-25)27-10-5-4-9-26(27)28-11-7-13-32(36)33(28)35-31;1-7-5-3-2-4-6-7/h3-20,35-36H,1-2H3;2-6H,1H3. The Balaban J connectivity index is 0.000000415. The lowest BCUT2D eigenvalue weighted by Gasteiger charge is -2.13. The molecule has 0 unspecified atom stereocenters. The average molecular weight is 559 g/mol. The minimum absolute atomic E-state index is 0.248. The first-order valence-corrected chi connectivity index (χ1v) is 14.5. The van der Waals surface area contributed by atoms with E-state index in [0.29, 0.717) is 0 Å². The van der Waals surface area contributed by atoms with E-state index in [1.807, 2.05) is 54.6 Å². The molecule has 6 aromatic rings. The molecule has 0 amide bonds. The first kappa shape index (κ1) is 27.7. The molecule has 0 bridgehead atoms. The highest BCUT2D eigenvalue weighted by molar-refractivity contribution is 6.02. The van der Waals surface area contributed by atoms with E-state index in [9.17, 15) is 5.11 Å². The maximum absolute atomic E-state index is 10.6. The van der Waals surface area contributed by atoms with Gasteiger partial charge in [0, 0.05) is 22.5 Å². The van der Waals surface area contributed by atoms with Crippen LogP contribution < -0.4 is 5.32 Å². The Morgan fingerprint density at radius 2 is 1.21 bits per heavy atom. The van der Waals surface area contributed by atoms with Crippen LogP contribution in [0, 0.1) is 13.8 Å². The van der Waals surface area contributed by atoms with Crippen LogP contribution in [0.25, 0.3) is 33.4 Å². The molecule has 0 aromatic heterocycles. The Morgan fingerprint density at radius 1 is 0.581 bits per heavy atom. The number of aromatic hydroxyl groups is 1. The van der Waals surface area contributed by atoms with Gasteiger partial charge in [0.2, 0.25) is 0 Å². The number of hydrogen-bond donors (Lipinski definition) is 2. The van der Waals surface area contributed by atoms with Crippen molar-refractivity contribution in [3.8, 4) is 39.1 Å². The van der Waals surface area contributed by atoms with Gasteiger partial charge in [0.25, 0.3) is 0 Å². The summed E-state index contributed by atoms with van der Waals surface area (Å²) >= 11 is 0. The number of fused-ring (bicyclic) bond motifs is 5. The number of rotatable bonds is 3. The fourth-order valence-electron chi connectivity index (χ4n) is 5.41. The molecule has 210 valence electrons. The molecule has 43 heavy (non-hydrogen) atoms. The maximum atomic E-state index is 10.6. The van der Waals surface area contributed by atoms with Gasteiger partial charge >= 0.3 is 0 Å². The van der Waals surface area contributed by atoms with Crippen LogP contribution in [0.1, 0.15) is 23.6 Å². The average Bonchev–Trinajstić information content (AvgIpc) is 3.18. The zero-order valence-corrected chi connectivity index (χ0v) is 24.7. The largest absolute Gasteiger partial charge is 0.506 e. The molecule has 1 aliphatic rings. The van der Waals surface area contributed by atoms with Crippen LogP contribution in [-0.2, 0) is 0 Å².